The lowest BCUT2D eigenvalue weighted by molar-refractivity contribution is -0.113. The molecule has 0 atom stereocenters. The third-order valence-electron chi connectivity index (χ3n) is 3.66. The van der Waals surface area contributed by atoms with Gasteiger partial charge in [-0.3, -0.25) is 9.78 Å². The number of carbonyl (C=O) groups excluding carboxylic acids is 1. The van der Waals surface area contributed by atoms with Gasteiger partial charge in [-0.2, -0.15) is 5.10 Å². The van der Waals surface area contributed by atoms with Crippen molar-refractivity contribution in [2.45, 2.75) is 32.1 Å². The van der Waals surface area contributed by atoms with E-state index >= 15 is 0 Å². The van der Waals surface area contributed by atoms with Gasteiger partial charge in [0.2, 0.25) is 5.91 Å². The summed E-state index contributed by atoms with van der Waals surface area (Å²) >= 11 is 1.60. The summed E-state index contributed by atoms with van der Waals surface area (Å²) < 4.78 is 1.93. The second-order valence-corrected chi connectivity index (χ2v) is 6.68. The van der Waals surface area contributed by atoms with E-state index in [2.05, 4.69) is 15.4 Å². The van der Waals surface area contributed by atoms with Gasteiger partial charge in [-0.05, 0) is 43.4 Å². The molecule has 1 saturated carbocycles. The summed E-state index contributed by atoms with van der Waals surface area (Å²) in [6, 6.07) is 3.94. The minimum absolute atomic E-state index is 0.0275. The number of carbonyl (C=O) groups is 1. The van der Waals surface area contributed by atoms with Crippen molar-refractivity contribution in [1.29, 1.82) is 0 Å². The van der Waals surface area contributed by atoms with Gasteiger partial charge >= 0.3 is 0 Å². The normalized spacial score (nSPS) is 14.0. The van der Waals surface area contributed by atoms with E-state index in [1.807, 2.05) is 29.9 Å². The van der Waals surface area contributed by atoms with Crippen LogP contribution in [-0.2, 0) is 17.1 Å². The van der Waals surface area contributed by atoms with Crippen LogP contribution in [0.3, 0.4) is 0 Å². The van der Waals surface area contributed by atoms with Crippen LogP contribution in [0.4, 0.5) is 5.82 Å². The minimum atomic E-state index is 0.0275. The van der Waals surface area contributed by atoms with Crippen LogP contribution in [0.2, 0.25) is 0 Å². The molecule has 0 spiro atoms. The van der Waals surface area contributed by atoms with Crippen molar-refractivity contribution in [2.24, 2.45) is 5.92 Å². The van der Waals surface area contributed by atoms with Crippen LogP contribution in [0.5, 0.6) is 0 Å². The first-order valence-electron chi connectivity index (χ1n) is 7.51. The van der Waals surface area contributed by atoms with E-state index in [1.165, 1.54) is 18.4 Å². The Hall–Kier alpha value is -1.82. The Morgan fingerprint density at radius 2 is 2.18 bits per heavy atom. The lowest BCUT2D eigenvalue weighted by atomic mass is 10.3. The van der Waals surface area contributed by atoms with E-state index in [1.54, 1.807) is 24.2 Å². The van der Waals surface area contributed by atoms with Gasteiger partial charge in [0, 0.05) is 30.3 Å². The summed E-state index contributed by atoms with van der Waals surface area (Å²) in [6.45, 7) is 2.89. The molecule has 2 aromatic heterocycles. The number of thioether (sulfide) groups is 1. The Labute approximate surface area is 134 Å². The summed E-state index contributed by atoms with van der Waals surface area (Å²) in [4.78, 5) is 16.1. The van der Waals surface area contributed by atoms with Gasteiger partial charge < -0.3 is 5.32 Å². The number of hydrogen-bond donors (Lipinski definition) is 1. The second-order valence-electron chi connectivity index (χ2n) is 5.70. The average Bonchev–Trinajstić information content (AvgIpc) is 3.28. The molecule has 1 fully saturated rings. The molecule has 0 bridgehead atoms. The van der Waals surface area contributed by atoms with E-state index in [0.717, 1.165) is 29.6 Å². The van der Waals surface area contributed by atoms with Gasteiger partial charge in [-0.15, -0.1) is 11.8 Å². The van der Waals surface area contributed by atoms with Gasteiger partial charge in [0.25, 0.3) is 0 Å². The Morgan fingerprint density at radius 1 is 1.41 bits per heavy atom. The summed E-state index contributed by atoms with van der Waals surface area (Å²) in [5.74, 6) is 2.87. The molecule has 5 nitrogen and oxygen atoms in total. The van der Waals surface area contributed by atoms with Crippen LogP contribution >= 0.6 is 11.8 Å². The molecule has 1 aliphatic rings. The molecule has 116 valence electrons. The molecule has 2 heterocycles. The third-order valence-corrected chi connectivity index (χ3v) is 4.66. The molecule has 1 N–H and O–H groups in total. The van der Waals surface area contributed by atoms with E-state index in [9.17, 15) is 4.79 Å². The van der Waals surface area contributed by atoms with Gasteiger partial charge in [0.1, 0.15) is 5.82 Å². The van der Waals surface area contributed by atoms with E-state index in [4.69, 9.17) is 0 Å². The molecule has 6 heteroatoms. The van der Waals surface area contributed by atoms with Crippen LogP contribution in [0, 0.1) is 12.8 Å². The molecule has 2 aromatic rings. The van der Waals surface area contributed by atoms with E-state index < -0.39 is 0 Å². The maximum absolute atomic E-state index is 12.1. The number of rotatable bonds is 7. The molecular formula is C16H20N4OS. The number of amides is 1. The number of pyridine rings is 1. The largest absolute Gasteiger partial charge is 0.310 e. The smallest absolute Gasteiger partial charge is 0.235 e. The highest BCUT2D eigenvalue weighted by atomic mass is 32.2. The van der Waals surface area contributed by atoms with Crippen molar-refractivity contribution in [1.82, 2.24) is 14.8 Å². The van der Waals surface area contributed by atoms with Crippen LogP contribution < -0.4 is 5.32 Å². The SMILES string of the molecule is Cc1cnn(CC2CC2)c1NC(=O)CSCc1ccncc1. The van der Waals surface area contributed by atoms with Crippen molar-refractivity contribution in [3.8, 4) is 0 Å². The van der Waals surface area contributed by atoms with Gasteiger partial charge in [0.05, 0.1) is 11.9 Å². The fourth-order valence-electron chi connectivity index (χ4n) is 2.23. The quantitative estimate of drug-likeness (QED) is 0.853. The number of aromatic nitrogens is 3. The maximum Gasteiger partial charge on any atom is 0.235 e. The zero-order valence-corrected chi connectivity index (χ0v) is 13.5. The van der Waals surface area contributed by atoms with Crippen LogP contribution in [0.1, 0.15) is 24.0 Å². The highest BCUT2D eigenvalue weighted by Crippen LogP contribution is 2.31. The zero-order valence-electron chi connectivity index (χ0n) is 12.7. The Morgan fingerprint density at radius 3 is 2.91 bits per heavy atom. The number of nitrogens with zero attached hydrogens (tertiary/aromatic N) is 3. The standard InChI is InChI=1S/C16H20N4OS/c1-12-8-18-20(9-13-2-3-13)16(12)19-15(21)11-22-10-14-4-6-17-7-5-14/h4-8,13H,2-3,9-11H2,1H3,(H,19,21). The fourth-order valence-corrected chi connectivity index (χ4v) is 3.02. The lowest BCUT2D eigenvalue weighted by Gasteiger charge is -2.09. The number of hydrogen-bond acceptors (Lipinski definition) is 4. The van der Waals surface area contributed by atoms with Gasteiger partial charge in [-0.1, -0.05) is 0 Å². The van der Waals surface area contributed by atoms with Crippen LogP contribution in [0.25, 0.3) is 0 Å². The summed E-state index contributed by atoms with van der Waals surface area (Å²) in [6.07, 6.45) is 7.91. The third kappa shape index (κ3) is 4.10. The molecule has 0 aromatic carbocycles. The highest BCUT2D eigenvalue weighted by molar-refractivity contribution is 7.99. The number of nitrogens with one attached hydrogen (secondary N) is 1. The monoisotopic (exact) mass is 316 g/mol. The Bertz CT molecular complexity index is 637. The lowest BCUT2D eigenvalue weighted by Crippen LogP contribution is -2.18. The first-order chi connectivity index (χ1) is 10.7. The molecule has 0 unspecified atom stereocenters. The predicted octanol–water partition coefficient (Wildman–Crippen LogP) is 2.87. The summed E-state index contributed by atoms with van der Waals surface area (Å²) in [5, 5.41) is 7.37. The fraction of sp³-hybridized carbons (Fsp3) is 0.438. The predicted molar refractivity (Wildman–Crippen MR) is 88.7 cm³/mol. The van der Waals surface area contributed by atoms with E-state index in [0.29, 0.717) is 5.75 Å². The van der Waals surface area contributed by atoms with Crippen molar-refractivity contribution < 1.29 is 4.79 Å². The topological polar surface area (TPSA) is 59.8 Å². The van der Waals surface area contributed by atoms with E-state index in [-0.39, 0.29) is 5.91 Å². The van der Waals surface area contributed by atoms with Crippen molar-refractivity contribution in [3.05, 3.63) is 41.9 Å². The second kappa shape index (κ2) is 6.96. The molecule has 3 rings (SSSR count). The van der Waals surface area contributed by atoms with Crippen molar-refractivity contribution in [2.75, 3.05) is 11.1 Å². The minimum Gasteiger partial charge on any atom is -0.310 e. The van der Waals surface area contributed by atoms with Crippen LogP contribution in [0.15, 0.2) is 30.7 Å². The van der Waals surface area contributed by atoms with Crippen molar-refractivity contribution >= 4 is 23.5 Å². The molecule has 0 saturated heterocycles. The van der Waals surface area contributed by atoms with Crippen molar-refractivity contribution in [3.63, 3.8) is 0 Å². The summed E-state index contributed by atoms with van der Waals surface area (Å²) in [7, 11) is 0. The molecule has 1 aliphatic carbocycles. The molecule has 0 radical (unpaired) electrons. The maximum atomic E-state index is 12.1. The first-order valence-corrected chi connectivity index (χ1v) is 8.67. The Kier molecular flexibility index (Phi) is 4.77. The first kappa shape index (κ1) is 15.1. The highest BCUT2D eigenvalue weighted by Gasteiger charge is 2.24. The molecule has 0 aliphatic heterocycles. The average molecular weight is 316 g/mol. The number of aryl methyl sites for hydroxylation is 1. The van der Waals surface area contributed by atoms with Crippen LogP contribution in [-0.4, -0.2) is 26.4 Å². The molecule has 1 amide bonds. The number of anilines is 1. The molecular weight excluding hydrogens is 296 g/mol. The zero-order chi connectivity index (χ0) is 15.4. The molecule has 22 heavy (non-hydrogen) atoms. The van der Waals surface area contributed by atoms with Gasteiger partial charge in [0.15, 0.2) is 0 Å². The summed E-state index contributed by atoms with van der Waals surface area (Å²) in [5.41, 5.74) is 2.20. The van der Waals surface area contributed by atoms with Gasteiger partial charge in [-0.25, -0.2) is 4.68 Å². The Balaban J connectivity index is 1.50.